The van der Waals surface area contributed by atoms with Gasteiger partial charge in [0.2, 0.25) is 5.91 Å². The van der Waals surface area contributed by atoms with E-state index in [1.54, 1.807) is 31.3 Å². The van der Waals surface area contributed by atoms with Crippen LogP contribution in [0, 0.1) is 12.7 Å². The highest BCUT2D eigenvalue weighted by Gasteiger charge is 2.35. The van der Waals surface area contributed by atoms with Gasteiger partial charge < -0.3 is 15.0 Å². The quantitative estimate of drug-likeness (QED) is 0.913. The zero-order chi connectivity index (χ0) is 18.7. The second kappa shape index (κ2) is 7.51. The number of hydrogen-bond acceptors (Lipinski definition) is 4. The molecule has 0 saturated carbocycles. The SMILES string of the molecule is COc1cc(C)c(NC(=O)[C@@H]2CCCN2C(=O)c2ccccn2)cc1F. The van der Waals surface area contributed by atoms with Crippen LogP contribution in [0.4, 0.5) is 10.1 Å². The summed E-state index contributed by atoms with van der Waals surface area (Å²) >= 11 is 0. The third-order valence-electron chi connectivity index (χ3n) is 4.46. The number of aryl methyl sites for hydroxylation is 1. The van der Waals surface area contributed by atoms with Crippen molar-refractivity contribution in [2.45, 2.75) is 25.8 Å². The average molecular weight is 357 g/mol. The molecule has 2 amide bonds. The Balaban J connectivity index is 1.77. The van der Waals surface area contributed by atoms with Crippen molar-refractivity contribution < 1.29 is 18.7 Å². The molecule has 0 radical (unpaired) electrons. The van der Waals surface area contributed by atoms with Gasteiger partial charge in [0, 0.05) is 24.5 Å². The first-order valence-corrected chi connectivity index (χ1v) is 8.38. The predicted molar refractivity (Wildman–Crippen MR) is 94.6 cm³/mol. The second-order valence-corrected chi connectivity index (χ2v) is 6.16. The maximum absolute atomic E-state index is 13.9. The third-order valence-corrected chi connectivity index (χ3v) is 4.46. The standard InChI is InChI=1S/C19H20FN3O3/c1-12-10-17(26-2)13(20)11-15(12)22-18(24)16-7-5-9-23(16)19(25)14-6-3-4-8-21-14/h3-4,6,8,10-11,16H,5,7,9H2,1-2H3,(H,22,24)/t16-/m0/s1. The molecule has 1 aromatic heterocycles. The summed E-state index contributed by atoms with van der Waals surface area (Å²) in [5, 5.41) is 2.73. The van der Waals surface area contributed by atoms with Crippen LogP contribution in [0.15, 0.2) is 36.5 Å². The second-order valence-electron chi connectivity index (χ2n) is 6.16. The van der Waals surface area contributed by atoms with E-state index < -0.39 is 11.9 Å². The third kappa shape index (κ3) is 3.51. The number of carbonyl (C=O) groups is 2. The number of hydrogen-bond donors (Lipinski definition) is 1. The van der Waals surface area contributed by atoms with Crippen LogP contribution in [-0.2, 0) is 4.79 Å². The summed E-state index contributed by atoms with van der Waals surface area (Å²) in [6, 6.07) is 7.23. The molecule has 26 heavy (non-hydrogen) atoms. The van der Waals surface area contributed by atoms with Gasteiger partial charge in [-0.25, -0.2) is 4.39 Å². The first kappa shape index (κ1) is 17.8. The van der Waals surface area contributed by atoms with Crippen molar-refractivity contribution in [2.24, 2.45) is 0 Å². The van der Waals surface area contributed by atoms with E-state index in [1.807, 2.05) is 0 Å². The van der Waals surface area contributed by atoms with E-state index in [1.165, 1.54) is 24.1 Å². The van der Waals surface area contributed by atoms with Crippen molar-refractivity contribution in [1.82, 2.24) is 9.88 Å². The van der Waals surface area contributed by atoms with Crippen LogP contribution in [0.25, 0.3) is 0 Å². The highest BCUT2D eigenvalue weighted by molar-refractivity contribution is 6.01. The molecule has 1 aliphatic heterocycles. The molecule has 136 valence electrons. The number of benzene rings is 1. The van der Waals surface area contributed by atoms with Crippen molar-refractivity contribution in [2.75, 3.05) is 19.0 Å². The summed E-state index contributed by atoms with van der Waals surface area (Å²) in [4.78, 5) is 30.9. The van der Waals surface area contributed by atoms with Crippen LogP contribution in [0.3, 0.4) is 0 Å². The molecule has 7 heteroatoms. The summed E-state index contributed by atoms with van der Waals surface area (Å²) in [5.41, 5.74) is 1.35. The topological polar surface area (TPSA) is 71.5 Å². The molecule has 1 fully saturated rings. The molecule has 1 saturated heterocycles. The highest BCUT2D eigenvalue weighted by Crippen LogP contribution is 2.27. The van der Waals surface area contributed by atoms with Crippen molar-refractivity contribution >= 4 is 17.5 Å². The normalized spacial score (nSPS) is 16.4. The number of pyridine rings is 1. The van der Waals surface area contributed by atoms with E-state index in [-0.39, 0.29) is 17.6 Å². The van der Waals surface area contributed by atoms with Gasteiger partial charge in [-0.2, -0.15) is 0 Å². The van der Waals surface area contributed by atoms with Gasteiger partial charge in [-0.15, -0.1) is 0 Å². The number of nitrogens with one attached hydrogen (secondary N) is 1. The van der Waals surface area contributed by atoms with E-state index in [9.17, 15) is 14.0 Å². The molecule has 0 unspecified atom stereocenters. The lowest BCUT2D eigenvalue weighted by atomic mass is 10.1. The van der Waals surface area contributed by atoms with E-state index in [0.29, 0.717) is 29.9 Å². The average Bonchev–Trinajstić information content (AvgIpc) is 3.14. The Hall–Kier alpha value is -2.96. The number of carbonyl (C=O) groups excluding carboxylic acids is 2. The molecule has 0 spiro atoms. The number of rotatable bonds is 4. The zero-order valence-corrected chi connectivity index (χ0v) is 14.7. The molecule has 1 aromatic carbocycles. The van der Waals surface area contributed by atoms with Gasteiger partial charge in [0.1, 0.15) is 11.7 Å². The number of likely N-dealkylation sites (tertiary alicyclic amines) is 1. The van der Waals surface area contributed by atoms with Gasteiger partial charge in [-0.05, 0) is 43.5 Å². The Bertz CT molecular complexity index is 826. The minimum Gasteiger partial charge on any atom is -0.494 e. The maximum Gasteiger partial charge on any atom is 0.273 e. The molecule has 0 aliphatic carbocycles. The molecular weight excluding hydrogens is 337 g/mol. The van der Waals surface area contributed by atoms with Crippen LogP contribution in [0.5, 0.6) is 5.75 Å². The fourth-order valence-corrected chi connectivity index (χ4v) is 3.08. The number of aromatic nitrogens is 1. The van der Waals surface area contributed by atoms with Gasteiger partial charge in [0.05, 0.1) is 7.11 Å². The van der Waals surface area contributed by atoms with Gasteiger partial charge >= 0.3 is 0 Å². The maximum atomic E-state index is 13.9. The Morgan fingerprint density at radius 1 is 1.35 bits per heavy atom. The largest absolute Gasteiger partial charge is 0.494 e. The molecule has 3 rings (SSSR count). The lowest BCUT2D eigenvalue weighted by Crippen LogP contribution is -2.43. The van der Waals surface area contributed by atoms with Crippen LogP contribution in [0.2, 0.25) is 0 Å². The van der Waals surface area contributed by atoms with Crippen LogP contribution in [-0.4, -0.2) is 41.4 Å². The zero-order valence-electron chi connectivity index (χ0n) is 14.7. The monoisotopic (exact) mass is 357 g/mol. The Morgan fingerprint density at radius 3 is 2.85 bits per heavy atom. The summed E-state index contributed by atoms with van der Waals surface area (Å²) in [6.45, 7) is 2.24. The molecule has 1 N–H and O–H groups in total. The Kier molecular flexibility index (Phi) is 5.16. The first-order valence-electron chi connectivity index (χ1n) is 8.38. The van der Waals surface area contributed by atoms with Crippen LogP contribution >= 0.6 is 0 Å². The number of ether oxygens (including phenoxy) is 1. The van der Waals surface area contributed by atoms with E-state index in [4.69, 9.17) is 4.74 Å². The number of amides is 2. The smallest absolute Gasteiger partial charge is 0.273 e. The predicted octanol–water partition coefficient (Wildman–Crippen LogP) is 2.78. The number of methoxy groups -OCH3 is 1. The van der Waals surface area contributed by atoms with Crippen molar-refractivity contribution in [3.8, 4) is 5.75 Å². The highest BCUT2D eigenvalue weighted by atomic mass is 19.1. The van der Waals surface area contributed by atoms with Crippen molar-refractivity contribution in [1.29, 1.82) is 0 Å². The van der Waals surface area contributed by atoms with E-state index in [0.717, 1.165) is 6.42 Å². The first-order chi connectivity index (χ1) is 12.5. The van der Waals surface area contributed by atoms with E-state index in [2.05, 4.69) is 10.3 Å². The Morgan fingerprint density at radius 2 is 2.15 bits per heavy atom. The van der Waals surface area contributed by atoms with Crippen LogP contribution < -0.4 is 10.1 Å². The molecular formula is C19H20FN3O3. The van der Waals surface area contributed by atoms with Gasteiger partial charge in [-0.3, -0.25) is 14.6 Å². The molecule has 0 bridgehead atoms. The molecule has 2 aromatic rings. The molecule has 6 nitrogen and oxygen atoms in total. The Labute approximate surface area is 151 Å². The van der Waals surface area contributed by atoms with Gasteiger partial charge in [0.25, 0.3) is 5.91 Å². The van der Waals surface area contributed by atoms with Crippen molar-refractivity contribution in [3.63, 3.8) is 0 Å². The van der Waals surface area contributed by atoms with Crippen molar-refractivity contribution in [3.05, 3.63) is 53.6 Å². The minimum absolute atomic E-state index is 0.119. The molecule has 2 heterocycles. The lowest BCUT2D eigenvalue weighted by molar-refractivity contribution is -0.119. The molecule has 1 atom stereocenters. The summed E-state index contributed by atoms with van der Waals surface area (Å²) < 4.78 is 18.9. The van der Waals surface area contributed by atoms with Crippen LogP contribution in [0.1, 0.15) is 28.9 Å². The fraction of sp³-hybridized carbons (Fsp3) is 0.316. The number of anilines is 1. The van der Waals surface area contributed by atoms with E-state index >= 15 is 0 Å². The fourth-order valence-electron chi connectivity index (χ4n) is 3.08. The van der Waals surface area contributed by atoms with Gasteiger partial charge in [-0.1, -0.05) is 6.07 Å². The minimum atomic E-state index is -0.603. The molecule has 1 aliphatic rings. The lowest BCUT2D eigenvalue weighted by Gasteiger charge is -2.24. The summed E-state index contributed by atoms with van der Waals surface area (Å²) in [6.07, 6.45) is 2.83. The number of nitrogens with zero attached hydrogens (tertiary/aromatic N) is 2. The summed E-state index contributed by atoms with van der Waals surface area (Å²) in [5.74, 6) is -1.05. The number of halogens is 1. The summed E-state index contributed by atoms with van der Waals surface area (Å²) in [7, 11) is 1.38. The van der Waals surface area contributed by atoms with Gasteiger partial charge in [0.15, 0.2) is 11.6 Å².